The van der Waals surface area contributed by atoms with E-state index in [-0.39, 0.29) is 5.97 Å². The number of nitro benzene ring substituents is 2. The number of hydrogen-bond donors (Lipinski definition) is 10. The maximum absolute atomic E-state index is 10.5. The number of esters is 1. The Morgan fingerprint density at radius 2 is 0.712 bits per heavy atom. The summed E-state index contributed by atoms with van der Waals surface area (Å²) in [5.74, 6) is -5.87. The number of nitro groups is 2. The molecular formula is C41H42N8O17. The van der Waals surface area contributed by atoms with Crippen LogP contribution in [0.5, 0.6) is 0 Å². The minimum absolute atomic E-state index is 0.211. The predicted molar refractivity (Wildman–Crippen MR) is 235 cm³/mol. The van der Waals surface area contributed by atoms with Gasteiger partial charge < -0.3 is 58.3 Å². The molecule has 0 radical (unpaired) electrons. The Hall–Kier alpha value is -9.94. The molecule has 5 aromatic carbocycles. The van der Waals surface area contributed by atoms with Crippen LogP contribution >= 0.6 is 0 Å². The average molecular weight is 919 g/mol. The van der Waals surface area contributed by atoms with Gasteiger partial charge in [0, 0.05) is 48.3 Å². The van der Waals surface area contributed by atoms with Crippen molar-refractivity contribution in [3.63, 3.8) is 0 Å². The van der Waals surface area contributed by atoms with Crippen LogP contribution < -0.4 is 33.2 Å². The Labute approximate surface area is 372 Å². The fourth-order valence-electron chi connectivity index (χ4n) is 4.12. The molecule has 5 aromatic rings. The molecule has 66 heavy (non-hydrogen) atoms. The summed E-state index contributed by atoms with van der Waals surface area (Å²) in [7, 11) is 0. The molecule has 25 heteroatoms. The summed E-state index contributed by atoms with van der Waals surface area (Å²) in [4.78, 5) is 102. The molecule has 0 bridgehead atoms. The molecule has 0 saturated heterocycles. The quantitative estimate of drug-likeness (QED) is 0.0430. The van der Waals surface area contributed by atoms with Crippen LogP contribution in [0.3, 0.4) is 0 Å². The first-order chi connectivity index (χ1) is 31.0. The predicted octanol–water partition coefficient (Wildman–Crippen LogP) is 6.08. The van der Waals surface area contributed by atoms with Crippen LogP contribution in [0.2, 0.25) is 0 Å². The zero-order valence-corrected chi connectivity index (χ0v) is 34.6. The number of non-ortho nitro benzene ring substituents is 2. The van der Waals surface area contributed by atoms with Crippen LogP contribution in [0.1, 0.15) is 55.3 Å². The van der Waals surface area contributed by atoms with Crippen molar-refractivity contribution in [1.29, 1.82) is 0 Å². The normalized spacial score (nSPS) is 9.06. The molecule has 0 aliphatic carbocycles. The van der Waals surface area contributed by atoms with Crippen molar-refractivity contribution in [1.82, 2.24) is 0 Å². The van der Waals surface area contributed by atoms with E-state index in [2.05, 4.69) is 20.7 Å². The van der Waals surface area contributed by atoms with Crippen molar-refractivity contribution in [2.75, 3.05) is 22.6 Å². The molecule has 5 rings (SSSR count). The van der Waals surface area contributed by atoms with Crippen molar-refractivity contribution in [2.24, 2.45) is 17.2 Å². The van der Waals surface area contributed by atoms with Crippen molar-refractivity contribution in [2.45, 2.75) is 13.8 Å². The summed E-state index contributed by atoms with van der Waals surface area (Å²) in [6, 6.07) is 30.5. The van der Waals surface area contributed by atoms with E-state index in [1.54, 1.807) is 43.3 Å². The highest BCUT2D eigenvalue weighted by atomic mass is 16.6. The van der Waals surface area contributed by atoms with Crippen molar-refractivity contribution in [3.8, 4) is 0 Å². The van der Waals surface area contributed by atoms with E-state index in [1.165, 1.54) is 6.92 Å². The van der Waals surface area contributed by atoms with Crippen LogP contribution in [-0.4, -0.2) is 84.8 Å². The summed E-state index contributed by atoms with van der Waals surface area (Å²) in [5.41, 5.74) is 13.9. The van der Waals surface area contributed by atoms with E-state index in [0.29, 0.717) is 6.61 Å². The number of carboxylic acids is 4. The second kappa shape index (κ2) is 30.1. The van der Waals surface area contributed by atoms with Gasteiger partial charge in [0.05, 0.1) is 38.7 Å². The lowest BCUT2D eigenvalue weighted by molar-refractivity contribution is -0.385. The Morgan fingerprint density at radius 3 is 0.848 bits per heavy atom. The molecule has 0 atom stereocenters. The number of benzene rings is 5. The smallest absolute Gasteiger partial charge is 0.335 e. The first kappa shape index (κ1) is 56.1. The number of anilines is 3. The van der Waals surface area contributed by atoms with Crippen LogP contribution in [0.4, 0.5) is 42.8 Å². The van der Waals surface area contributed by atoms with Crippen molar-refractivity contribution >= 4 is 76.4 Å². The maximum Gasteiger partial charge on any atom is 0.335 e. The number of nitrogens with zero attached hydrogens (tertiary/aromatic N) is 2. The molecule has 0 fully saturated rings. The standard InChI is InChI=1S/2C8H5NO6.3C7H8N2O.C4H8O2/c2*10-7(11)4-1-5(8(12)13)3-6(2-4)9(14)15;3*8-7(10)9-6-4-2-1-3-5-6;1-3-6-4(2)5/h2*1-3H,(H,10,11)(H,12,13);3*1-5H,(H3,8,9,10);3H2,1-2H3. The summed E-state index contributed by atoms with van der Waals surface area (Å²) >= 11 is 0. The first-order valence-corrected chi connectivity index (χ1v) is 18.0. The zero-order valence-electron chi connectivity index (χ0n) is 34.6. The minimum Gasteiger partial charge on any atom is -0.478 e. The Morgan fingerprint density at radius 1 is 0.485 bits per heavy atom. The van der Waals surface area contributed by atoms with Crippen LogP contribution in [0.25, 0.3) is 0 Å². The van der Waals surface area contributed by atoms with E-state index >= 15 is 0 Å². The fraction of sp³-hybridized carbons (Fsp3) is 0.0732. The third-order valence-electron chi connectivity index (χ3n) is 6.72. The topological polar surface area (TPSA) is 427 Å². The third-order valence-corrected chi connectivity index (χ3v) is 6.72. The number of carbonyl (C=O) groups excluding carboxylic acids is 4. The van der Waals surface area contributed by atoms with Gasteiger partial charge in [-0.25, -0.2) is 33.6 Å². The second-order valence-electron chi connectivity index (χ2n) is 11.8. The van der Waals surface area contributed by atoms with E-state index in [1.807, 2.05) is 54.6 Å². The monoisotopic (exact) mass is 918 g/mol. The number of aromatic carboxylic acids is 4. The van der Waals surface area contributed by atoms with Crippen LogP contribution in [0.15, 0.2) is 127 Å². The first-order valence-electron chi connectivity index (χ1n) is 18.0. The van der Waals surface area contributed by atoms with Gasteiger partial charge in [0.1, 0.15) is 0 Å². The summed E-state index contributed by atoms with van der Waals surface area (Å²) in [6.45, 7) is 3.65. The van der Waals surface area contributed by atoms with Crippen molar-refractivity contribution < 1.29 is 73.4 Å². The van der Waals surface area contributed by atoms with Crippen molar-refractivity contribution in [3.05, 3.63) is 170 Å². The van der Waals surface area contributed by atoms with Gasteiger partial charge in [-0.3, -0.25) is 25.0 Å². The fourth-order valence-corrected chi connectivity index (χ4v) is 4.12. The number of amides is 6. The van der Waals surface area contributed by atoms with Gasteiger partial charge in [0.25, 0.3) is 11.4 Å². The summed E-state index contributed by atoms with van der Waals surface area (Å²) in [6.07, 6.45) is 0. The van der Waals surface area contributed by atoms with Crippen LogP contribution in [-0.2, 0) is 9.53 Å². The molecular weight excluding hydrogens is 876 g/mol. The van der Waals surface area contributed by atoms with Gasteiger partial charge in [0.15, 0.2) is 0 Å². The molecule has 0 saturated carbocycles. The number of carbonyl (C=O) groups is 8. The molecule has 0 aromatic heterocycles. The Bertz CT molecular complexity index is 2090. The van der Waals surface area contributed by atoms with Gasteiger partial charge in [-0.1, -0.05) is 54.6 Å². The van der Waals surface area contributed by atoms with E-state index in [0.717, 1.165) is 53.5 Å². The molecule has 25 nitrogen and oxygen atoms in total. The number of nitrogens with one attached hydrogen (secondary N) is 3. The number of carboxylic acid groups (broad SMARTS) is 4. The molecule has 13 N–H and O–H groups in total. The van der Waals surface area contributed by atoms with Gasteiger partial charge in [-0.05, 0) is 55.5 Å². The highest BCUT2D eigenvalue weighted by Crippen LogP contribution is 2.18. The average Bonchev–Trinajstić information content (AvgIpc) is 3.24. The third kappa shape index (κ3) is 25.6. The van der Waals surface area contributed by atoms with Gasteiger partial charge in [-0.2, -0.15) is 0 Å². The number of hydrogen-bond acceptors (Lipinski definition) is 13. The summed E-state index contributed by atoms with van der Waals surface area (Å²) < 4.78 is 4.40. The lowest BCUT2D eigenvalue weighted by atomic mass is 10.1. The zero-order chi connectivity index (χ0) is 50.4. The number of para-hydroxylation sites is 3. The van der Waals surface area contributed by atoms with E-state index < -0.39 is 85.4 Å². The van der Waals surface area contributed by atoms with E-state index in [9.17, 15) is 58.6 Å². The second-order valence-corrected chi connectivity index (χ2v) is 11.8. The molecule has 0 aliphatic heterocycles. The lowest BCUT2D eigenvalue weighted by Gasteiger charge is -1.98. The molecule has 0 unspecified atom stereocenters. The number of nitrogens with two attached hydrogens (primary N) is 3. The van der Waals surface area contributed by atoms with E-state index in [4.69, 9.17) is 37.6 Å². The van der Waals surface area contributed by atoms with Gasteiger partial charge in [-0.15, -0.1) is 0 Å². The maximum atomic E-state index is 10.5. The number of primary amides is 3. The van der Waals surface area contributed by atoms with Gasteiger partial charge >= 0.3 is 47.9 Å². The molecule has 0 spiro atoms. The Kier molecular flexibility index (Phi) is 25.6. The number of ether oxygens (including phenoxy) is 1. The number of rotatable bonds is 10. The minimum atomic E-state index is -1.42. The number of urea groups is 3. The highest BCUT2D eigenvalue weighted by molar-refractivity contribution is 5.96. The largest absolute Gasteiger partial charge is 0.478 e. The van der Waals surface area contributed by atoms with Gasteiger partial charge in [0.2, 0.25) is 0 Å². The lowest BCUT2D eigenvalue weighted by Crippen LogP contribution is -2.18. The Balaban J connectivity index is 0.000000785. The molecule has 348 valence electrons. The molecule has 6 amide bonds. The summed E-state index contributed by atoms with van der Waals surface area (Å²) in [5, 5.41) is 62.4. The molecule has 0 heterocycles. The highest BCUT2D eigenvalue weighted by Gasteiger charge is 2.18. The molecule has 0 aliphatic rings. The SMILES string of the molecule is CCOC(C)=O.NC(=O)Nc1ccccc1.NC(=O)Nc1ccccc1.NC(=O)Nc1ccccc1.O=C(O)c1cc(C(=O)O)cc([N+](=O)[O-])c1.O=C(O)c1cc(C(=O)O)cc([N+](=O)[O-])c1. The van der Waals surface area contributed by atoms with Crippen LogP contribution in [0, 0.1) is 20.2 Å².